The molecule has 5 aliphatic rings. The van der Waals surface area contributed by atoms with E-state index in [2.05, 4.69) is 38.6 Å². The van der Waals surface area contributed by atoms with Crippen molar-refractivity contribution in [3.05, 3.63) is 34.8 Å². The van der Waals surface area contributed by atoms with Gasteiger partial charge in [-0.2, -0.15) is 5.10 Å². The number of allylic oxidation sites excluding steroid dienone is 6. The number of hydrazone groups is 1. The molecule has 0 aromatic carbocycles. The molecule has 6 nitrogen and oxygen atoms in total. The molecule has 0 spiro atoms. The van der Waals surface area contributed by atoms with Gasteiger partial charge in [-0.05, 0) is 137 Å². The third-order valence-corrected chi connectivity index (χ3v) is 13.8. The first-order valence-electron chi connectivity index (χ1n) is 17.0. The summed E-state index contributed by atoms with van der Waals surface area (Å²) in [5.41, 5.74) is 2.44. The van der Waals surface area contributed by atoms with Crippen molar-refractivity contribution >= 4 is 21.7 Å². The lowest BCUT2D eigenvalue weighted by Crippen LogP contribution is -2.53. The average Bonchev–Trinajstić information content (AvgIpc) is 3.29. The molecule has 8 atom stereocenters. The number of nitrogens with one attached hydrogen (secondary N) is 1. The van der Waals surface area contributed by atoms with Crippen molar-refractivity contribution < 1.29 is 17.9 Å². The molecule has 3 fully saturated rings. The molecule has 240 valence electrons. The second-order valence-corrected chi connectivity index (χ2v) is 17.6. The van der Waals surface area contributed by atoms with Crippen LogP contribution in [0.3, 0.4) is 0 Å². The van der Waals surface area contributed by atoms with Gasteiger partial charge in [0.05, 0.1) is 10.6 Å². The molecule has 3 unspecified atom stereocenters. The zero-order chi connectivity index (χ0) is 31.2. The molecule has 0 saturated heterocycles. The van der Waals surface area contributed by atoms with Crippen LogP contribution in [0.5, 0.6) is 0 Å². The van der Waals surface area contributed by atoms with Gasteiger partial charge in [0.15, 0.2) is 0 Å². The molecule has 1 N–H and O–H groups in total. The summed E-state index contributed by atoms with van der Waals surface area (Å²) in [5.74, 6) is 2.97. The van der Waals surface area contributed by atoms with E-state index in [0.717, 1.165) is 37.8 Å². The Kier molecular flexibility index (Phi) is 9.17. The second-order valence-electron chi connectivity index (χ2n) is 15.9. The van der Waals surface area contributed by atoms with Gasteiger partial charge in [0.2, 0.25) is 0 Å². The molecule has 0 amide bonds. The maximum absolute atomic E-state index is 13.3. The highest BCUT2D eigenvalue weighted by molar-refractivity contribution is 7.93. The van der Waals surface area contributed by atoms with Crippen molar-refractivity contribution in [3.63, 3.8) is 0 Å². The van der Waals surface area contributed by atoms with Crippen LogP contribution in [0, 0.1) is 46.3 Å². The van der Waals surface area contributed by atoms with Gasteiger partial charge in [-0.15, -0.1) is 0 Å². The monoisotopic (exact) mass is 612 g/mol. The van der Waals surface area contributed by atoms with Crippen molar-refractivity contribution in [2.75, 3.05) is 0 Å². The predicted octanol–water partition coefficient (Wildman–Crippen LogP) is 8.47. The standard InChI is InChI=1S/C36H56N2O4S/c1-24-17-20-35(6)27(22-24)23-32(37-38-43(40,41)28-13-9-8-10-14-28)33-30-16-15-29(36(30,7)21-18-31(33)35)25(2)12-11-19-34(4,5)42-26(3)39/h8-9,13,23-25,29-31,33,38H,10-12,14-22H2,1-7H3/b37-32-/t24-,25+,29+,30?,31?,33?,35-,36+/m0/s1. The first-order chi connectivity index (χ1) is 20.2. The smallest absolute Gasteiger partial charge is 0.303 e. The molecule has 7 heteroatoms. The van der Waals surface area contributed by atoms with E-state index >= 15 is 0 Å². The van der Waals surface area contributed by atoms with Crippen molar-refractivity contribution in [1.29, 1.82) is 0 Å². The Morgan fingerprint density at radius 1 is 1.16 bits per heavy atom. The quantitative estimate of drug-likeness (QED) is 0.209. The zero-order valence-electron chi connectivity index (χ0n) is 27.7. The van der Waals surface area contributed by atoms with E-state index in [1.54, 1.807) is 6.08 Å². The number of rotatable bonds is 9. The molecule has 0 heterocycles. The number of esters is 1. The molecule has 0 aromatic rings. The van der Waals surface area contributed by atoms with Gasteiger partial charge in [-0.1, -0.05) is 51.8 Å². The number of fused-ring (bicyclic) bond motifs is 5. The van der Waals surface area contributed by atoms with Gasteiger partial charge < -0.3 is 4.74 Å². The molecule has 43 heavy (non-hydrogen) atoms. The van der Waals surface area contributed by atoms with E-state index in [9.17, 15) is 13.2 Å². The van der Waals surface area contributed by atoms with Crippen LogP contribution >= 0.6 is 0 Å². The molecule has 0 radical (unpaired) electrons. The summed E-state index contributed by atoms with van der Waals surface area (Å²) in [6, 6.07) is 0. The number of sulfonamides is 1. The van der Waals surface area contributed by atoms with Crippen molar-refractivity contribution in [2.45, 2.75) is 131 Å². The van der Waals surface area contributed by atoms with Gasteiger partial charge >= 0.3 is 5.97 Å². The van der Waals surface area contributed by atoms with Crippen LogP contribution in [0.15, 0.2) is 39.9 Å². The van der Waals surface area contributed by atoms with Crippen LogP contribution in [0.2, 0.25) is 0 Å². The van der Waals surface area contributed by atoms with Gasteiger partial charge in [-0.25, -0.2) is 13.2 Å². The van der Waals surface area contributed by atoms with Crippen LogP contribution in [-0.2, 0) is 19.6 Å². The molecule has 0 aliphatic heterocycles. The highest BCUT2D eigenvalue weighted by Crippen LogP contribution is 2.67. The number of hydrogen-bond acceptors (Lipinski definition) is 5. The molecule has 5 aliphatic carbocycles. The maximum atomic E-state index is 13.3. The largest absolute Gasteiger partial charge is 0.460 e. The fourth-order valence-electron chi connectivity index (χ4n) is 10.2. The third-order valence-electron chi connectivity index (χ3n) is 12.4. The highest BCUT2D eigenvalue weighted by Gasteiger charge is 2.60. The molecule has 0 aromatic heterocycles. The van der Waals surface area contributed by atoms with Gasteiger partial charge in [0.25, 0.3) is 10.0 Å². The molecule has 0 bridgehead atoms. The van der Waals surface area contributed by atoms with Crippen LogP contribution in [0.4, 0.5) is 0 Å². The fraction of sp³-hybridized carbons (Fsp3) is 0.778. The average molecular weight is 613 g/mol. The number of carbonyl (C=O) groups excluding carboxylic acids is 1. The van der Waals surface area contributed by atoms with E-state index in [1.807, 2.05) is 26.0 Å². The van der Waals surface area contributed by atoms with E-state index in [1.165, 1.54) is 51.0 Å². The van der Waals surface area contributed by atoms with Gasteiger partial charge in [0, 0.05) is 12.8 Å². The summed E-state index contributed by atoms with van der Waals surface area (Å²) in [4.78, 5) is 14.7. The molecule has 5 rings (SSSR count). The van der Waals surface area contributed by atoms with Crippen LogP contribution in [-0.4, -0.2) is 25.7 Å². The summed E-state index contributed by atoms with van der Waals surface area (Å²) in [7, 11) is -3.66. The molecule has 3 saturated carbocycles. The van der Waals surface area contributed by atoms with Crippen LogP contribution in [0.25, 0.3) is 0 Å². The molecular weight excluding hydrogens is 556 g/mol. The van der Waals surface area contributed by atoms with Gasteiger partial charge in [-0.3, -0.25) is 4.79 Å². The number of hydrogen-bond donors (Lipinski definition) is 1. The minimum atomic E-state index is -3.66. The Hall–Kier alpha value is -1.89. The lowest BCUT2D eigenvalue weighted by molar-refractivity contribution is -0.154. The lowest BCUT2D eigenvalue weighted by atomic mass is 9.46. The summed E-state index contributed by atoms with van der Waals surface area (Å²) in [6.45, 7) is 15.3. The van der Waals surface area contributed by atoms with Crippen LogP contribution in [0.1, 0.15) is 126 Å². The number of ether oxygens (including phenoxy) is 1. The maximum Gasteiger partial charge on any atom is 0.303 e. The minimum Gasteiger partial charge on any atom is -0.460 e. The highest BCUT2D eigenvalue weighted by atomic mass is 32.2. The summed E-state index contributed by atoms with van der Waals surface area (Å²) >= 11 is 0. The van der Waals surface area contributed by atoms with Gasteiger partial charge in [0.1, 0.15) is 5.60 Å². The SMILES string of the molecule is CC(=O)OC(C)(C)CCC[C@@H](C)[C@H]1CCC2C3/C(=N\NS(=O)(=O)C4=CC=CCC4)C=C4C[C@@H](C)CC[C@]4(C)C3CC[C@@]21C. The van der Waals surface area contributed by atoms with Crippen LogP contribution < -0.4 is 4.83 Å². The minimum absolute atomic E-state index is 0.180. The molecular formula is C36H56N2O4S. The Balaban J connectivity index is 1.40. The first kappa shape index (κ1) is 32.5. The summed E-state index contributed by atoms with van der Waals surface area (Å²) < 4.78 is 32.1. The lowest BCUT2D eigenvalue weighted by Gasteiger charge is -2.58. The predicted molar refractivity (Wildman–Crippen MR) is 175 cm³/mol. The summed E-state index contributed by atoms with van der Waals surface area (Å²) in [5, 5.41) is 4.82. The van der Waals surface area contributed by atoms with Crippen molar-refractivity contribution in [2.24, 2.45) is 51.4 Å². The fourth-order valence-corrected chi connectivity index (χ4v) is 11.1. The zero-order valence-corrected chi connectivity index (χ0v) is 28.6. The topological polar surface area (TPSA) is 84.8 Å². The Morgan fingerprint density at radius 3 is 2.63 bits per heavy atom. The Morgan fingerprint density at radius 2 is 1.93 bits per heavy atom. The van der Waals surface area contributed by atoms with E-state index in [-0.39, 0.29) is 22.7 Å². The van der Waals surface area contributed by atoms with Crippen molar-refractivity contribution in [1.82, 2.24) is 4.83 Å². The number of nitrogens with zero attached hydrogens (tertiary/aromatic N) is 1. The Bertz CT molecular complexity index is 1310. The Labute approximate surface area is 261 Å². The second kappa shape index (κ2) is 12.1. The van der Waals surface area contributed by atoms with E-state index in [0.29, 0.717) is 40.9 Å². The normalized spacial score (nSPS) is 37.5. The summed E-state index contributed by atoms with van der Waals surface area (Å²) in [6.07, 6.45) is 20.6. The number of carbonyl (C=O) groups is 1. The van der Waals surface area contributed by atoms with E-state index in [4.69, 9.17) is 9.84 Å². The first-order valence-corrected chi connectivity index (χ1v) is 18.5. The van der Waals surface area contributed by atoms with E-state index < -0.39 is 15.6 Å². The third kappa shape index (κ3) is 6.44. The van der Waals surface area contributed by atoms with Crippen molar-refractivity contribution in [3.8, 4) is 0 Å².